The zero-order chi connectivity index (χ0) is 59.2. The van der Waals surface area contributed by atoms with Crippen LogP contribution in [0.25, 0.3) is 0 Å². The number of carbonyl (C=O) groups excluding carboxylic acids is 1. The van der Waals surface area contributed by atoms with E-state index in [9.17, 15) is 33.7 Å². The molecule has 29 heteroatoms. The Morgan fingerprint density at radius 1 is 0.654 bits per heavy atom. The number of methoxy groups -OCH3 is 2. The van der Waals surface area contributed by atoms with Gasteiger partial charge in [0.1, 0.15) is 43.1 Å². The topological polar surface area (TPSA) is 298 Å². The minimum atomic E-state index is -2.54. The molecule has 0 bridgehead atoms. The molecule has 0 aliphatic heterocycles. The summed E-state index contributed by atoms with van der Waals surface area (Å²) in [5.41, 5.74) is 3.02. The van der Waals surface area contributed by atoms with Crippen LogP contribution >= 0.6 is 14.3 Å². The molecule has 2 heterocycles. The van der Waals surface area contributed by atoms with Crippen LogP contribution in [0.15, 0.2) is 85.2 Å². The fraction of sp³-hybridized carbons (Fsp3) is 0.365. The zero-order valence-electron chi connectivity index (χ0n) is 50.0. The van der Waals surface area contributed by atoms with Crippen molar-refractivity contribution in [1.82, 2.24) is 29.7 Å². The van der Waals surface area contributed by atoms with Crippen molar-refractivity contribution in [1.29, 1.82) is 0 Å². The number of halogens is 1. The molecule has 0 unspecified atom stereocenters. The van der Waals surface area contributed by atoms with Gasteiger partial charge in [-0.05, 0) is 106 Å². The SMILES string of the molecule is CCCCN(C)C.COc1cc(F)c([N+](=O)[O-])cc1Nc1ncc(C)c(Nc2ccccc2P(C)(C)=O)n1.COc1cc(N(C)CCN(C)C)c([N+](=O)[O-])cc1Nc1ncc(C)c(Nc2ccccc2P(C)(C)=O)n1.O=CO[O-].[H-].[K+].[K+]. The molecule has 2 aromatic heterocycles. The van der Waals surface area contributed by atoms with Crippen molar-refractivity contribution in [2.45, 2.75) is 33.6 Å². The summed E-state index contributed by atoms with van der Waals surface area (Å²) in [6.07, 6.45) is 5.83. The third-order valence-corrected chi connectivity index (χ3v) is 14.3. The van der Waals surface area contributed by atoms with Crippen LogP contribution in [0, 0.1) is 39.9 Å². The van der Waals surface area contributed by atoms with Gasteiger partial charge in [-0.2, -0.15) is 14.4 Å². The average molecular weight is 1210 g/mol. The molecule has 0 saturated heterocycles. The van der Waals surface area contributed by atoms with Gasteiger partial charge < -0.3 is 66.1 Å². The number of hydrogen-bond donors (Lipinski definition) is 4. The Bertz CT molecular complexity index is 3130. The number of rotatable bonds is 22. The van der Waals surface area contributed by atoms with Crippen molar-refractivity contribution in [2.75, 3.05) is 122 Å². The van der Waals surface area contributed by atoms with Crippen LogP contribution in [0.2, 0.25) is 0 Å². The maximum atomic E-state index is 13.9. The number of para-hydroxylation sites is 2. The molecule has 0 aliphatic rings. The first kappa shape index (κ1) is 74.5. The number of aryl methyl sites for hydroxylation is 2. The largest absolute Gasteiger partial charge is 1.00 e. The van der Waals surface area contributed by atoms with Crippen molar-refractivity contribution in [3.63, 3.8) is 0 Å². The van der Waals surface area contributed by atoms with Gasteiger partial charge in [-0.3, -0.25) is 25.0 Å². The summed E-state index contributed by atoms with van der Waals surface area (Å²) in [4.78, 5) is 56.6. The number of benzene rings is 4. The monoisotopic (exact) mass is 1210 g/mol. The van der Waals surface area contributed by atoms with E-state index in [2.05, 4.69) is 72.0 Å². The second-order valence-corrected chi connectivity index (χ2v) is 25.2. The van der Waals surface area contributed by atoms with Crippen molar-refractivity contribution in [3.05, 3.63) is 122 Å². The van der Waals surface area contributed by atoms with Gasteiger partial charge in [0.15, 0.2) is 0 Å². The van der Waals surface area contributed by atoms with E-state index in [1.807, 2.05) is 74.3 Å². The molecule has 4 N–H and O–H groups in total. The number of ether oxygens (including phenoxy) is 2. The third kappa shape index (κ3) is 24.3. The third-order valence-electron chi connectivity index (χ3n) is 11.2. The Kier molecular flexibility index (Phi) is 33.3. The number of unbranched alkanes of at least 4 members (excludes halogenated alkanes) is 1. The average Bonchev–Trinajstić information content (AvgIpc) is 3.44. The van der Waals surface area contributed by atoms with Gasteiger partial charge in [0, 0.05) is 78.5 Å². The first-order chi connectivity index (χ1) is 37.2. The van der Waals surface area contributed by atoms with Gasteiger partial charge in [-0.1, -0.05) is 37.6 Å². The first-order valence-corrected chi connectivity index (χ1v) is 29.5. The van der Waals surface area contributed by atoms with Gasteiger partial charge in [-0.25, -0.2) is 9.97 Å². The minimum absolute atomic E-state index is 0. The summed E-state index contributed by atoms with van der Waals surface area (Å²) in [5.74, 6) is 0.772. The maximum absolute atomic E-state index is 13.9. The molecule has 0 fully saturated rings. The summed E-state index contributed by atoms with van der Waals surface area (Å²) in [5, 5.41) is 45.2. The van der Waals surface area contributed by atoms with Gasteiger partial charge in [0.2, 0.25) is 17.7 Å². The standard InChI is InChI=1S/C25H34N7O4P.C20H21FN5O4P.C6H15N.CH2O3.2K.H/c1-17-16-26-25(29-24(17)27-18-10-8-9-11-23(18)37(6,7)35)28-19-14-21(32(33)34)20(15-22(19)36-5)31(4)13-12-30(2)3;1-12-11-22-20(24-15-10-16(26(27)28)13(21)9-17(15)30-2)25-19(12)23-14-7-5-6-8-18(14)31(3,4)29;1-4-5-6-7(2)3;2-1-4-3;;;/h8-11,14-16H,12-13H2,1-7H3,(H2,26,27,28,29);5-11H,1-4H3,(H2,22,23,24,25);4-6H2,1-3H3;1,3H;;;/q;;;;2*+1;-1/p-1. The molecule has 0 aliphatic carbocycles. The van der Waals surface area contributed by atoms with Gasteiger partial charge in [0.25, 0.3) is 12.2 Å². The first-order valence-electron chi connectivity index (χ1n) is 24.3. The minimum Gasteiger partial charge on any atom is -1.00 e. The number of aromatic nitrogens is 4. The number of nitro groups is 2. The molecule has 430 valence electrons. The number of carbonyl (C=O) groups is 1. The number of hydrogen-bond acceptors (Lipinski definition) is 22. The fourth-order valence-corrected chi connectivity index (χ4v) is 9.33. The van der Waals surface area contributed by atoms with E-state index in [4.69, 9.17) is 19.5 Å². The van der Waals surface area contributed by atoms with Crippen molar-refractivity contribution in [2.24, 2.45) is 0 Å². The van der Waals surface area contributed by atoms with Crippen LogP contribution in [0.3, 0.4) is 0 Å². The molecular weight excluding hydrogens is 1140 g/mol. The van der Waals surface area contributed by atoms with Gasteiger partial charge in [0.05, 0.1) is 46.8 Å². The predicted molar refractivity (Wildman–Crippen MR) is 311 cm³/mol. The van der Waals surface area contributed by atoms with E-state index in [0.717, 1.165) is 29.8 Å². The quantitative estimate of drug-likeness (QED) is 0.0190. The van der Waals surface area contributed by atoms with Crippen LogP contribution in [0.4, 0.5) is 67.7 Å². The predicted octanol–water partition coefficient (Wildman–Crippen LogP) is 2.91. The van der Waals surface area contributed by atoms with E-state index in [1.54, 1.807) is 64.2 Å². The summed E-state index contributed by atoms with van der Waals surface area (Å²) in [6, 6.07) is 19.6. The molecule has 0 amide bonds. The Morgan fingerprint density at radius 3 is 1.42 bits per heavy atom. The van der Waals surface area contributed by atoms with Crippen molar-refractivity contribution < 1.29 is 152 Å². The van der Waals surface area contributed by atoms with Crippen molar-refractivity contribution in [3.8, 4) is 11.5 Å². The summed E-state index contributed by atoms with van der Waals surface area (Å²) in [7, 11) is 7.66. The Balaban J connectivity index is 0.00000132. The summed E-state index contributed by atoms with van der Waals surface area (Å²) < 4.78 is 49.9. The zero-order valence-corrected chi connectivity index (χ0v) is 57.0. The molecule has 0 spiro atoms. The molecular formula is C52H72FK2N13O11P2. The van der Waals surface area contributed by atoms with E-state index < -0.39 is 35.6 Å². The van der Waals surface area contributed by atoms with Gasteiger partial charge in [-0.15, -0.1) is 0 Å². The molecule has 0 radical (unpaired) electrons. The molecule has 0 saturated carbocycles. The van der Waals surface area contributed by atoms with E-state index in [-0.39, 0.29) is 140 Å². The molecule has 4 aromatic carbocycles. The van der Waals surface area contributed by atoms with Crippen LogP contribution < -0.4 is 154 Å². The number of anilines is 9. The number of nitro benzene ring substituents is 2. The molecule has 81 heavy (non-hydrogen) atoms. The molecule has 24 nitrogen and oxygen atoms in total. The van der Waals surface area contributed by atoms with Crippen LogP contribution in [0.1, 0.15) is 32.3 Å². The molecule has 6 aromatic rings. The Labute approximate surface area is 559 Å². The second kappa shape index (κ2) is 36.2. The van der Waals surface area contributed by atoms with E-state index in [1.165, 1.54) is 39.7 Å². The fourth-order valence-electron chi connectivity index (χ4n) is 7.02. The van der Waals surface area contributed by atoms with Crippen LogP contribution in [-0.2, 0) is 18.8 Å². The summed E-state index contributed by atoms with van der Waals surface area (Å²) in [6.45, 7) is 15.1. The normalized spacial score (nSPS) is 10.6. The van der Waals surface area contributed by atoms with Gasteiger partial charge >= 0.3 is 108 Å². The van der Waals surface area contributed by atoms with E-state index in [0.29, 0.717) is 57.3 Å². The smallest absolute Gasteiger partial charge is 1.00 e. The van der Waals surface area contributed by atoms with Crippen molar-refractivity contribution >= 4 is 94.7 Å². The second-order valence-electron chi connectivity index (χ2n) is 18.8. The number of likely N-dealkylation sites (N-methyl/N-ethyl adjacent to an activating group) is 2. The van der Waals surface area contributed by atoms with Crippen LogP contribution in [-0.4, -0.2) is 142 Å². The number of nitrogens with zero attached hydrogens (tertiary/aromatic N) is 9. The Morgan fingerprint density at radius 2 is 1.06 bits per heavy atom. The number of nitrogens with one attached hydrogen (secondary N) is 4. The maximum Gasteiger partial charge on any atom is 1.00 e. The molecule has 6 rings (SSSR count). The molecule has 0 atom stereocenters. The summed E-state index contributed by atoms with van der Waals surface area (Å²) >= 11 is 0. The van der Waals surface area contributed by atoms with Crippen LogP contribution in [0.5, 0.6) is 11.5 Å². The van der Waals surface area contributed by atoms with E-state index >= 15 is 0 Å². The Hall–Kier alpha value is -4.55.